The van der Waals surface area contributed by atoms with E-state index in [1.54, 1.807) is 30.3 Å². The van der Waals surface area contributed by atoms with E-state index in [-0.39, 0.29) is 29.2 Å². The molecule has 4 rings (SSSR count). The molecule has 2 aromatic carbocycles. The molecule has 2 aromatic rings. The summed E-state index contributed by atoms with van der Waals surface area (Å²) in [7, 11) is 0. The van der Waals surface area contributed by atoms with Crippen molar-refractivity contribution in [1.29, 1.82) is 0 Å². The number of anilines is 1. The second-order valence-corrected chi connectivity index (χ2v) is 6.70. The molecule has 4 nitrogen and oxygen atoms in total. The van der Waals surface area contributed by atoms with Crippen LogP contribution in [0.3, 0.4) is 0 Å². The monoisotopic (exact) mass is 375 g/mol. The zero-order valence-electron chi connectivity index (χ0n) is 14.0. The van der Waals surface area contributed by atoms with Crippen LogP contribution in [0.5, 0.6) is 5.75 Å². The van der Waals surface area contributed by atoms with Gasteiger partial charge in [-0.1, -0.05) is 24.3 Å². The molecule has 0 fully saturated rings. The van der Waals surface area contributed by atoms with Gasteiger partial charge in [0.05, 0.1) is 11.6 Å². The third kappa shape index (κ3) is 3.37. The van der Waals surface area contributed by atoms with Crippen molar-refractivity contribution >= 4 is 11.7 Å². The zero-order chi connectivity index (χ0) is 19.2. The molecule has 2 N–H and O–H groups in total. The summed E-state index contributed by atoms with van der Waals surface area (Å²) in [5, 5.41) is 12.5. The van der Waals surface area contributed by atoms with Crippen LogP contribution in [0.4, 0.5) is 18.9 Å². The van der Waals surface area contributed by atoms with Gasteiger partial charge >= 0.3 is 12.3 Å². The Kier molecular flexibility index (Phi) is 4.09. The van der Waals surface area contributed by atoms with E-state index >= 15 is 0 Å². The molecular formula is C20H16F3NO3. The van der Waals surface area contributed by atoms with Crippen LogP contribution in [-0.4, -0.2) is 17.4 Å². The Morgan fingerprint density at radius 1 is 1.15 bits per heavy atom. The number of allylic oxidation sites excluding steroid dienone is 2. The highest BCUT2D eigenvalue weighted by molar-refractivity contribution is 5.87. The van der Waals surface area contributed by atoms with Gasteiger partial charge in [-0.05, 0) is 53.8 Å². The fourth-order valence-electron chi connectivity index (χ4n) is 3.93. The Hall–Kier alpha value is -2.96. The molecule has 1 aliphatic carbocycles. The van der Waals surface area contributed by atoms with Crippen molar-refractivity contribution in [3.05, 3.63) is 71.3 Å². The number of hydrogen-bond acceptors (Lipinski definition) is 3. The quantitative estimate of drug-likeness (QED) is 0.732. The molecular weight excluding hydrogens is 359 g/mol. The molecule has 7 heteroatoms. The Morgan fingerprint density at radius 2 is 1.89 bits per heavy atom. The maximum atomic E-state index is 12.5. The Labute approximate surface area is 153 Å². The van der Waals surface area contributed by atoms with Gasteiger partial charge in [-0.3, -0.25) is 0 Å². The molecule has 0 spiro atoms. The molecule has 3 atom stereocenters. The van der Waals surface area contributed by atoms with E-state index in [2.05, 4.69) is 10.1 Å². The third-order valence-corrected chi connectivity index (χ3v) is 5.08. The summed E-state index contributed by atoms with van der Waals surface area (Å²) in [4.78, 5) is 11.0. The van der Waals surface area contributed by atoms with E-state index in [0.717, 1.165) is 23.2 Å². The number of ether oxygens (including phenoxy) is 1. The van der Waals surface area contributed by atoms with Gasteiger partial charge in [0.1, 0.15) is 5.75 Å². The zero-order valence-corrected chi connectivity index (χ0v) is 14.0. The lowest BCUT2D eigenvalue weighted by Gasteiger charge is -2.37. The van der Waals surface area contributed by atoms with Crippen molar-refractivity contribution in [3.63, 3.8) is 0 Å². The Morgan fingerprint density at radius 3 is 2.56 bits per heavy atom. The van der Waals surface area contributed by atoms with Gasteiger partial charge in [0.25, 0.3) is 0 Å². The van der Waals surface area contributed by atoms with Gasteiger partial charge in [-0.25, -0.2) is 4.79 Å². The van der Waals surface area contributed by atoms with Gasteiger partial charge in [0, 0.05) is 11.6 Å². The molecule has 140 valence electrons. The summed E-state index contributed by atoms with van der Waals surface area (Å²) in [6.45, 7) is 0. The SMILES string of the molecule is O=C(O)c1ccc(C2Nc3ccc(OC(F)(F)F)cc3[C@@H]3C=CC[C@H]23)cc1. The molecule has 0 amide bonds. The first-order valence-electron chi connectivity index (χ1n) is 8.48. The summed E-state index contributed by atoms with van der Waals surface area (Å²) >= 11 is 0. The molecule has 27 heavy (non-hydrogen) atoms. The van der Waals surface area contributed by atoms with Gasteiger partial charge in [0.2, 0.25) is 0 Å². The lowest BCUT2D eigenvalue weighted by atomic mass is 9.77. The first kappa shape index (κ1) is 17.5. The first-order chi connectivity index (χ1) is 12.8. The summed E-state index contributed by atoms with van der Waals surface area (Å²) < 4.78 is 41.6. The average Bonchev–Trinajstić information content (AvgIpc) is 3.10. The lowest BCUT2D eigenvalue weighted by Crippen LogP contribution is -2.29. The Balaban J connectivity index is 1.67. The van der Waals surface area contributed by atoms with Crippen LogP contribution in [0.2, 0.25) is 0 Å². The minimum absolute atomic E-state index is 0.0258. The second-order valence-electron chi connectivity index (χ2n) is 6.70. The fraction of sp³-hybridized carbons (Fsp3) is 0.250. The van der Waals surface area contributed by atoms with E-state index in [4.69, 9.17) is 5.11 Å². The number of carbonyl (C=O) groups is 1. The van der Waals surface area contributed by atoms with Crippen LogP contribution in [-0.2, 0) is 0 Å². The van der Waals surface area contributed by atoms with Gasteiger partial charge in [-0.2, -0.15) is 0 Å². The second kappa shape index (κ2) is 6.33. The number of carboxylic acids is 1. The predicted molar refractivity (Wildman–Crippen MR) is 92.9 cm³/mol. The molecule has 0 saturated carbocycles. The van der Waals surface area contributed by atoms with Crippen LogP contribution < -0.4 is 10.1 Å². The number of carboxylic acid groups (broad SMARTS) is 1. The van der Waals surface area contributed by atoms with Crippen molar-refractivity contribution in [1.82, 2.24) is 0 Å². The van der Waals surface area contributed by atoms with Crippen molar-refractivity contribution in [2.45, 2.75) is 24.7 Å². The summed E-state index contributed by atoms with van der Waals surface area (Å²) in [6, 6.07) is 11.0. The van der Waals surface area contributed by atoms with E-state index in [9.17, 15) is 18.0 Å². The van der Waals surface area contributed by atoms with E-state index < -0.39 is 12.3 Å². The number of rotatable bonds is 3. The normalized spacial score (nSPS) is 23.3. The molecule has 0 bridgehead atoms. The fourth-order valence-corrected chi connectivity index (χ4v) is 3.93. The van der Waals surface area contributed by atoms with Crippen LogP contribution in [0.1, 0.15) is 39.9 Å². The summed E-state index contributed by atoms with van der Waals surface area (Å²) in [6.07, 6.45) is 0.102. The highest BCUT2D eigenvalue weighted by Crippen LogP contribution is 2.50. The topological polar surface area (TPSA) is 58.6 Å². The van der Waals surface area contributed by atoms with E-state index in [1.165, 1.54) is 12.1 Å². The van der Waals surface area contributed by atoms with Crippen molar-refractivity contribution in [2.75, 3.05) is 5.32 Å². The number of hydrogen-bond donors (Lipinski definition) is 2. The molecule has 0 radical (unpaired) electrons. The first-order valence-corrected chi connectivity index (χ1v) is 8.48. The number of halogens is 3. The Bertz CT molecular complexity index is 906. The summed E-state index contributed by atoms with van der Waals surface area (Å²) in [5.74, 6) is -1.11. The number of aromatic carboxylic acids is 1. The largest absolute Gasteiger partial charge is 0.573 e. The molecule has 1 aliphatic heterocycles. The van der Waals surface area contributed by atoms with Crippen molar-refractivity contribution < 1.29 is 27.8 Å². The molecule has 1 unspecified atom stereocenters. The third-order valence-electron chi connectivity index (χ3n) is 5.08. The predicted octanol–water partition coefficient (Wildman–Crippen LogP) is 5.11. The van der Waals surface area contributed by atoms with Crippen LogP contribution >= 0.6 is 0 Å². The average molecular weight is 375 g/mol. The smallest absolute Gasteiger partial charge is 0.478 e. The van der Waals surface area contributed by atoms with E-state index in [1.807, 2.05) is 12.2 Å². The van der Waals surface area contributed by atoms with Crippen LogP contribution in [0.25, 0.3) is 0 Å². The van der Waals surface area contributed by atoms with E-state index in [0.29, 0.717) is 0 Å². The molecule has 2 aliphatic rings. The summed E-state index contributed by atoms with van der Waals surface area (Å²) in [5.41, 5.74) is 2.68. The minimum atomic E-state index is -4.73. The highest BCUT2D eigenvalue weighted by Gasteiger charge is 2.39. The number of nitrogens with one attached hydrogen (secondary N) is 1. The number of benzene rings is 2. The number of fused-ring (bicyclic) bond motifs is 3. The molecule has 0 aromatic heterocycles. The number of alkyl halides is 3. The van der Waals surface area contributed by atoms with Crippen LogP contribution in [0.15, 0.2) is 54.6 Å². The van der Waals surface area contributed by atoms with Crippen molar-refractivity contribution in [2.24, 2.45) is 5.92 Å². The van der Waals surface area contributed by atoms with Gasteiger partial charge < -0.3 is 15.2 Å². The minimum Gasteiger partial charge on any atom is -0.478 e. The molecule has 0 saturated heterocycles. The molecule has 1 heterocycles. The lowest BCUT2D eigenvalue weighted by molar-refractivity contribution is -0.274. The standard InChI is InChI=1S/C20H16F3NO3/c21-20(22,23)27-13-8-9-17-16(10-13)14-2-1-3-15(14)18(24-17)11-4-6-12(7-5-11)19(25)26/h1-2,4-10,14-15,18,24H,3H2,(H,25,26)/t14-,15+,18?/m1/s1. The maximum absolute atomic E-state index is 12.5. The highest BCUT2D eigenvalue weighted by atomic mass is 19.4. The van der Waals surface area contributed by atoms with Gasteiger partial charge in [-0.15, -0.1) is 13.2 Å². The maximum Gasteiger partial charge on any atom is 0.573 e. The van der Waals surface area contributed by atoms with Crippen molar-refractivity contribution in [3.8, 4) is 5.75 Å². The van der Waals surface area contributed by atoms with Crippen LogP contribution in [0, 0.1) is 5.92 Å². The van der Waals surface area contributed by atoms with Gasteiger partial charge in [0.15, 0.2) is 0 Å².